The maximum Gasteiger partial charge on any atom is 0.295 e. The van der Waals surface area contributed by atoms with Gasteiger partial charge < -0.3 is 5.32 Å². The van der Waals surface area contributed by atoms with E-state index in [4.69, 9.17) is 4.98 Å². The van der Waals surface area contributed by atoms with Crippen molar-refractivity contribution in [2.75, 3.05) is 11.1 Å². The highest BCUT2D eigenvalue weighted by Gasteiger charge is 2.31. The van der Waals surface area contributed by atoms with Gasteiger partial charge in [-0.05, 0) is 44.7 Å². The fraction of sp³-hybridized carbons (Fsp3) is 0.444. The molecule has 4 aromatic heterocycles. The van der Waals surface area contributed by atoms with Crippen molar-refractivity contribution in [3.8, 4) is 11.4 Å². The van der Waals surface area contributed by atoms with Crippen molar-refractivity contribution in [2.45, 2.75) is 76.8 Å². The van der Waals surface area contributed by atoms with E-state index >= 15 is 0 Å². The van der Waals surface area contributed by atoms with Crippen LogP contribution in [0.5, 0.6) is 0 Å². The standard InChI is InChI=1S/C27H32N8O3S/c1-5-16(4)35-26-21(14-30-24(34-26)22-20(6-2)31-15-32-23(22)17-8-9-17)33-25(27(35)36)29-12-18-10-11-19(13-28-18)39(37,38)7-3/h10-11,13-17H,5-9,12H2,1-4H3,(H,29,33). The average Bonchev–Trinajstić information content (AvgIpc) is 3.81. The van der Waals surface area contributed by atoms with E-state index in [1.807, 2.05) is 20.8 Å². The second-order valence-corrected chi connectivity index (χ2v) is 12.0. The summed E-state index contributed by atoms with van der Waals surface area (Å²) in [6.07, 6.45) is 8.20. The minimum absolute atomic E-state index is 0.00513. The maximum atomic E-state index is 13.6. The number of rotatable bonds is 10. The summed E-state index contributed by atoms with van der Waals surface area (Å²) in [4.78, 5) is 41.2. The van der Waals surface area contributed by atoms with Crippen LogP contribution >= 0.6 is 0 Å². The van der Waals surface area contributed by atoms with Gasteiger partial charge in [-0.2, -0.15) is 0 Å². The molecule has 4 aromatic rings. The fourth-order valence-electron chi connectivity index (χ4n) is 4.48. The van der Waals surface area contributed by atoms with Gasteiger partial charge >= 0.3 is 0 Å². The van der Waals surface area contributed by atoms with E-state index in [9.17, 15) is 13.2 Å². The van der Waals surface area contributed by atoms with Gasteiger partial charge in [0.1, 0.15) is 11.8 Å². The minimum atomic E-state index is -3.33. The largest absolute Gasteiger partial charge is 0.360 e. The summed E-state index contributed by atoms with van der Waals surface area (Å²) >= 11 is 0. The molecule has 11 nitrogen and oxygen atoms in total. The first kappa shape index (κ1) is 26.8. The molecule has 0 bridgehead atoms. The Hall–Kier alpha value is -3.80. The van der Waals surface area contributed by atoms with Crippen molar-refractivity contribution in [2.24, 2.45) is 0 Å². The summed E-state index contributed by atoms with van der Waals surface area (Å²) in [5.74, 6) is 1.05. The van der Waals surface area contributed by atoms with E-state index < -0.39 is 9.84 Å². The Labute approximate surface area is 227 Å². The second-order valence-electron chi connectivity index (χ2n) is 9.75. The third-order valence-electron chi connectivity index (χ3n) is 7.11. The van der Waals surface area contributed by atoms with Crippen LogP contribution in [0.4, 0.5) is 5.82 Å². The van der Waals surface area contributed by atoms with E-state index in [0.717, 1.165) is 36.2 Å². The van der Waals surface area contributed by atoms with Crippen molar-refractivity contribution in [1.82, 2.24) is 34.5 Å². The van der Waals surface area contributed by atoms with Crippen LogP contribution in [0.1, 0.15) is 76.0 Å². The summed E-state index contributed by atoms with van der Waals surface area (Å²) in [5, 5.41) is 3.08. The number of aromatic nitrogens is 7. The molecule has 12 heteroatoms. The minimum Gasteiger partial charge on any atom is -0.360 e. The number of sulfone groups is 1. The molecule has 0 radical (unpaired) electrons. The molecule has 39 heavy (non-hydrogen) atoms. The number of hydrogen-bond acceptors (Lipinski definition) is 10. The molecule has 1 aliphatic carbocycles. The van der Waals surface area contributed by atoms with Gasteiger partial charge in [-0.3, -0.25) is 14.3 Å². The van der Waals surface area contributed by atoms with Crippen LogP contribution < -0.4 is 10.9 Å². The fourth-order valence-corrected chi connectivity index (χ4v) is 5.31. The van der Waals surface area contributed by atoms with E-state index in [0.29, 0.717) is 35.0 Å². The zero-order chi connectivity index (χ0) is 27.7. The van der Waals surface area contributed by atoms with Gasteiger partial charge in [0, 0.05) is 18.2 Å². The van der Waals surface area contributed by atoms with Crippen molar-refractivity contribution in [3.05, 3.63) is 58.3 Å². The van der Waals surface area contributed by atoms with Crippen LogP contribution in [-0.4, -0.2) is 48.6 Å². The molecule has 0 saturated heterocycles. The predicted octanol–water partition coefficient (Wildman–Crippen LogP) is 3.86. The van der Waals surface area contributed by atoms with Gasteiger partial charge in [0.05, 0.1) is 46.0 Å². The van der Waals surface area contributed by atoms with Crippen molar-refractivity contribution in [1.29, 1.82) is 0 Å². The molecule has 0 aromatic carbocycles. The summed E-state index contributed by atoms with van der Waals surface area (Å²) < 4.78 is 25.8. The lowest BCUT2D eigenvalue weighted by Gasteiger charge is -2.18. The van der Waals surface area contributed by atoms with Gasteiger partial charge in [-0.15, -0.1) is 0 Å². The molecule has 0 aliphatic heterocycles. The number of aryl methyl sites for hydroxylation is 1. The van der Waals surface area contributed by atoms with Gasteiger partial charge in [0.25, 0.3) is 5.56 Å². The third kappa shape index (κ3) is 5.25. The Kier molecular flexibility index (Phi) is 7.39. The molecule has 1 atom stereocenters. The highest BCUT2D eigenvalue weighted by atomic mass is 32.2. The maximum absolute atomic E-state index is 13.6. The normalized spacial score (nSPS) is 14.5. The quantitative estimate of drug-likeness (QED) is 0.310. The summed E-state index contributed by atoms with van der Waals surface area (Å²) in [5.41, 5.74) is 3.95. The monoisotopic (exact) mass is 548 g/mol. The smallest absolute Gasteiger partial charge is 0.295 e. The highest BCUT2D eigenvalue weighted by Crippen LogP contribution is 2.43. The Balaban J connectivity index is 1.54. The number of fused-ring (bicyclic) bond motifs is 1. The predicted molar refractivity (Wildman–Crippen MR) is 148 cm³/mol. The molecule has 1 saturated carbocycles. The Morgan fingerprint density at radius 1 is 1.05 bits per heavy atom. The van der Waals surface area contributed by atoms with Crippen LogP contribution in [0.15, 0.2) is 40.5 Å². The van der Waals surface area contributed by atoms with Crippen LogP contribution in [-0.2, 0) is 22.8 Å². The molecule has 5 rings (SSSR count). The number of anilines is 1. The zero-order valence-corrected chi connectivity index (χ0v) is 23.4. The number of pyridine rings is 1. The molecule has 1 fully saturated rings. The van der Waals surface area contributed by atoms with Crippen molar-refractivity contribution in [3.63, 3.8) is 0 Å². The van der Waals surface area contributed by atoms with Gasteiger partial charge in [0.2, 0.25) is 0 Å². The Bertz CT molecular complexity index is 1680. The summed E-state index contributed by atoms with van der Waals surface area (Å²) in [7, 11) is -3.33. The molecule has 0 spiro atoms. The number of nitrogens with zero attached hydrogens (tertiary/aromatic N) is 7. The molecule has 4 heterocycles. The Morgan fingerprint density at radius 2 is 1.85 bits per heavy atom. The van der Waals surface area contributed by atoms with Crippen molar-refractivity contribution < 1.29 is 8.42 Å². The topological polar surface area (TPSA) is 146 Å². The van der Waals surface area contributed by atoms with E-state index in [-0.39, 0.29) is 34.6 Å². The first-order chi connectivity index (χ1) is 18.8. The van der Waals surface area contributed by atoms with Gasteiger partial charge in [-0.1, -0.05) is 20.8 Å². The molecular weight excluding hydrogens is 516 g/mol. The molecule has 1 unspecified atom stereocenters. The first-order valence-electron chi connectivity index (χ1n) is 13.3. The molecule has 1 aliphatic rings. The molecular formula is C27H32N8O3S. The highest BCUT2D eigenvalue weighted by molar-refractivity contribution is 7.91. The number of nitrogens with one attached hydrogen (secondary N) is 1. The van der Waals surface area contributed by atoms with Crippen molar-refractivity contribution >= 4 is 26.8 Å². The average molecular weight is 549 g/mol. The van der Waals surface area contributed by atoms with Crippen LogP contribution in [0.2, 0.25) is 0 Å². The lowest BCUT2D eigenvalue weighted by molar-refractivity contribution is 0.526. The van der Waals surface area contributed by atoms with Gasteiger partial charge in [0.15, 0.2) is 27.1 Å². The first-order valence-corrected chi connectivity index (χ1v) is 15.0. The van der Waals surface area contributed by atoms with Crippen LogP contribution in [0.25, 0.3) is 22.6 Å². The van der Waals surface area contributed by atoms with E-state index in [1.165, 1.54) is 12.3 Å². The molecule has 1 N–H and O–H groups in total. The lowest BCUT2D eigenvalue weighted by atomic mass is 10.1. The SMILES string of the molecule is CCc1ncnc(C2CC2)c1-c1ncc2nc(NCc3ccc(S(=O)(=O)CC)cn3)c(=O)n(C(C)CC)c2n1. The summed E-state index contributed by atoms with van der Waals surface area (Å²) in [6, 6.07) is 3.02. The Morgan fingerprint density at radius 3 is 2.49 bits per heavy atom. The lowest BCUT2D eigenvalue weighted by Crippen LogP contribution is -2.28. The molecule has 0 amide bonds. The van der Waals surface area contributed by atoms with Crippen LogP contribution in [0, 0.1) is 0 Å². The van der Waals surface area contributed by atoms with Crippen LogP contribution in [0.3, 0.4) is 0 Å². The number of hydrogen-bond donors (Lipinski definition) is 1. The second kappa shape index (κ2) is 10.8. The summed E-state index contributed by atoms with van der Waals surface area (Å²) in [6.45, 7) is 7.82. The third-order valence-corrected chi connectivity index (χ3v) is 8.83. The zero-order valence-electron chi connectivity index (χ0n) is 22.5. The molecule has 204 valence electrons. The van der Waals surface area contributed by atoms with Gasteiger partial charge in [-0.25, -0.2) is 33.3 Å². The van der Waals surface area contributed by atoms with E-state index in [2.05, 4.69) is 30.2 Å². The van der Waals surface area contributed by atoms with E-state index in [1.54, 1.807) is 30.1 Å².